The molecule has 0 unspecified atom stereocenters. The number of allylic oxidation sites excluding steroid dienone is 3. The van der Waals surface area contributed by atoms with Gasteiger partial charge in [0.15, 0.2) is 6.29 Å². The van der Waals surface area contributed by atoms with Crippen molar-refractivity contribution in [2.45, 2.75) is 52.4 Å². The Hall–Kier alpha value is -2.40. The van der Waals surface area contributed by atoms with Crippen molar-refractivity contribution in [1.82, 2.24) is 0 Å². The Morgan fingerprint density at radius 1 is 1.11 bits per heavy atom. The highest BCUT2D eigenvalue weighted by molar-refractivity contribution is 5.65. The Morgan fingerprint density at radius 2 is 1.79 bits per heavy atom. The lowest BCUT2D eigenvalue weighted by atomic mass is 9.96. The molecule has 0 amide bonds. The average Bonchev–Trinajstić information content (AvgIpc) is 2.67. The van der Waals surface area contributed by atoms with Crippen LogP contribution in [-0.4, -0.2) is 20.9 Å². The first-order valence-electron chi connectivity index (χ1n) is 9.61. The van der Waals surface area contributed by atoms with Gasteiger partial charge in [-0.05, 0) is 50.0 Å². The Morgan fingerprint density at radius 3 is 2.25 bits per heavy atom. The van der Waals surface area contributed by atoms with E-state index in [1.54, 1.807) is 18.2 Å². The average molecular weight is 383 g/mol. The molecular formula is C24H30O4. The third kappa shape index (κ3) is 5.80. The van der Waals surface area contributed by atoms with Crippen LogP contribution in [0.25, 0.3) is 5.57 Å². The highest BCUT2D eigenvalue weighted by Crippen LogP contribution is 2.39. The minimum atomic E-state index is -1.43. The van der Waals surface area contributed by atoms with Gasteiger partial charge in [-0.3, -0.25) is 0 Å². The summed E-state index contributed by atoms with van der Waals surface area (Å²) in [6.45, 7) is 8.20. The molecule has 2 aliphatic heterocycles. The maximum absolute atomic E-state index is 10.1. The molecule has 2 aromatic rings. The van der Waals surface area contributed by atoms with Crippen molar-refractivity contribution in [2.24, 2.45) is 0 Å². The van der Waals surface area contributed by atoms with Crippen LogP contribution in [0.3, 0.4) is 0 Å². The van der Waals surface area contributed by atoms with E-state index >= 15 is 0 Å². The summed E-state index contributed by atoms with van der Waals surface area (Å²) in [5, 5.41) is 27.6. The topological polar surface area (TPSA) is 69.9 Å². The van der Waals surface area contributed by atoms with E-state index in [1.165, 1.54) is 16.7 Å². The number of aliphatic hydroxyl groups is 3. The molecule has 0 aromatic heterocycles. The number of hydrogen-bond acceptors (Lipinski definition) is 4. The quantitative estimate of drug-likeness (QED) is 0.401. The summed E-state index contributed by atoms with van der Waals surface area (Å²) < 4.78 is 4.98. The van der Waals surface area contributed by atoms with Gasteiger partial charge in [0.25, 0.3) is 0 Å². The molecule has 0 radical (unpaired) electrons. The summed E-state index contributed by atoms with van der Waals surface area (Å²) in [4.78, 5) is 0. The smallest absolute Gasteiger partial charge is 0.182 e. The van der Waals surface area contributed by atoms with E-state index in [1.807, 2.05) is 26.0 Å². The number of rotatable bonds is 6. The fourth-order valence-electron chi connectivity index (χ4n) is 2.79. The van der Waals surface area contributed by atoms with Crippen molar-refractivity contribution in [3.63, 3.8) is 0 Å². The molecule has 150 valence electrons. The molecule has 2 bridgehead atoms. The molecule has 4 heteroatoms. The summed E-state index contributed by atoms with van der Waals surface area (Å²) in [6.07, 6.45) is 5.99. The zero-order chi connectivity index (χ0) is 20.7. The number of ether oxygens (including phenoxy) is 1. The number of fused-ring (bicyclic) bond motifs is 2. The molecule has 0 spiro atoms. The highest BCUT2D eigenvalue weighted by atomic mass is 16.5. The van der Waals surface area contributed by atoms with Gasteiger partial charge in [-0.25, -0.2) is 0 Å². The molecular weight excluding hydrogens is 352 g/mol. The van der Waals surface area contributed by atoms with Crippen molar-refractivity contribution >= 4 is 5.57 Å². The molecule has 2 aliphatic rings. The van der Waals surface area contributed by atoms with Crippen molar-refractivity contribution in [3.8, 4) is 11.5 Å². The normalized spacial score (nSPS) is 13.1. The van der Waals surface area contributed by atoms with Crippen LogP contribution in [0.5, 0.6) is 11.5 Å². The molecule has 4 nitrogen and oxygen atoms in total. The molecule has 4 rings (SSSR count). The van der Waals surface area contributed by atoms with Crippen molar-refractivity contribution in [1.29, 1.82) is 0 Å². The van der Waals surface area contributed by atoms with Crippen LogP contribution >= 0.6 is 0 Å². The summed E-state index contributed by atoms with van der Waals surface area (Å²) in [6, 6.07) is 13.5. The Kier molecular flexibility index (Phi) is 7.58. The molecule has 0 fully saturated rings. The van der Waals surface area contributed by atoms with Gasteiger partial charge in [0.2, 0.25) is 0 Å². The number of hydrogen-bond donors (Lipinski definition) is 3. The van der Waals surface area contributed by atoms with Gasteiger partial charge in [-0.1, -0.05) is 61.9 Å². The lowest BCUT2D eigenvalue weighted by Gasteiger charge is -2.20. The fourth-order valence-corrected chi connectivity index (χ4v) is 2.79. The Bertz CT molecular complexity index is 842. The third-order valence-electron chi connectivity index (χ3n) is 4.94. The van der Waals surface area contributed by atoms with Crippen LogP contribution in [-0.2, 0) is 0 Å². The second-order valence-corrected chi connectivity index (χ2v) is 7.06. The van der Waals surface area contributed by atoms with E-state index in [9.17, 15) is 5.11 Å². The predicted octanol–water partition coefficient (Wildman–Crippen LogP) is 5.28. The maximum Gasteiger partial charge on any atom is 0.182 e. The number of aryl methyl sites for hydroxylation is 1. The molecule has 2 heterocycles. The summed E-state index contributed by atoms with van der Waals surface area (Å²) in [5.41, 5.74) is 3.47. The van der Waals surface area contributed by atoms with Gasteiger partial charge in [0.05, 0.1) is 11.2 Å². The van der Waals surface area contributed by atoms with Crippen LogP contribution < -0.4 is 4.74 Å². The Labute approximate surface area is 167 Å². The van der Waals surface area contributed by atoms with E-state index in [2.05, 4.69) is 44.2 Å². The van der Waals surface area contributed by atoms with E-state index in [0.717, 1.165) is 18.6 Å². The maximum atomic E-state index is 10.1. The van der Waals surface area contributed by atoms with Gasteiger partial charge in [0.1, 0.15) is 11.5 Å². The van der Waals surface area contributed by atoms with Crippen LogP contribution in [0.1, 0.15) is 56.6 Å². The van der Waals surface area contributed by atoms with E-state index in [-0.39, 0.29) is 0 Å². The van der Waals surface area contributed by atoms with Crippen molar-refractivity contribution in [3.05, 3.63) is 77.4 Å². The van der Waals surface area contributed by atoms with E-state index < -0.39 is 11.9 Å². The lowest BCUT2D eigenvalue weighted by Crippen LogP contribution is -2.22. The molecule has 0 saturated heterocycles. The number of aliphatic hydroxyl groups excluding tert-OH is 1. The van der Waals surface area contributed by atoms with Gasteiger partial charge >= 0.3 is 0 Å². The fraction of sp³-hybridized carbons (Fsp3) is 0.333. The minimum absolute atomic E-state index is 0.426. The summed E-state index contributed by atoms with van der Waals surface area (Å²) in [7, 11) is 0. The Balaban J connectivity index is 0.000000233. The molecule has 28 heavy (non-hydrogen) atoms. The minimum Gasteiger partial charge on any atom is -0.457 e. The SMILES string of the molecule is CCC(O)(C=CC=C(C)c1cccc(C)c1)CC.OC(O)c1ccc2cc1O2. The molecule has 2 aromatic carbocycles. The predicted molar refractivity (Wildman–Crippen MR) is 113 cm³/mol. The van der Waals surface area contributed by atoms with Gasteiger partial charge in [-0.15, -0.1) is 0 Å². The number of benzene rings is 2. The van der Waals surface area contributed by atoms with Gasteiger partial charge < -0.3 is 20.1 Å². The van der Waals surface area contributed by atoms with E-state index in [4.69, 9.17) is 14.9 Å². The highest BCUT2D eigenvalue weighted by Gasteiger charge is 2.19. The van der Waals surface area contributed by atoms with E-state index in [0.29, 0.717) is 11.3 Å². The van der Waals surface area contributed by atoms with Gasteiger partial charge in [0, 0.05) is 6.07 Å². The van der Waals surface area contributed by atoms with Crippen molar-refractivity contribution in [2.75, 3.05) is 0 Å². The third-order valence-corrected chi connectivity index (χ3v) is 4.94. The monoisotopic (exact) mass is 382 g/mol. The first-order chi connectivity index (χ1) is 13.3. The summed E-state index contributed by atoms with van der Waals surface area (Å²) >= 11 is 0. The zero-order valence-corrected chi connectivity index (χ0v) is 17.0. The standard InChI is InChI=1S/C17H24O.C7H6O3/c1-5-17(18,6-2)12-8-10-15(4)16-11-7-9-14(3)13-16;8-7(9)5-2-1-4-3-6(5)10-4/h7-13,18H,5-6H2,1-4H3;1-3,7-9H. The van der Waals surface area contributed by atoms with Crippen LogP contribution in [0.4, 0.5) is 0 Å². The van der Waals surface area contributed by atoms with Gasteiger partial charge in [-0.2, -0.15) is 0 Å². The first-order valence-corrected chi connectivity index (χ1v) is 9.61. The largest absolute Gasteiger partial charge is 0.457 e. The molecule has 3 N–H and O–H groups in total. The molecule has 0 saturated carbocycles. The second-order valence-electron chi connectivity index (χ2n) is 7.06. The molecule has 0 aliphatic carbocycles. The van der Waals surface area contributed by atoms with Crippen molar-refractivity contribution < 1.29 is 20.1 Å². The second kappa shape index (κ2) is 9.69. The van der Waals surface area contributed by atoms with Crippen LogP contribution in [0, 0.1) is 6.92 Å². The lowest BCUT2D eigenvalue weighted by molar-refractivity contribution is -0.0442. The van der Waals surface area contributed by atoms with Crippen LogP contribution in [0.2, 0.25) is 0 Å². The molecule has 0 atom stereocenters. The first kappa shape index (κ1) is 21.9. The zero-order valence-electron chi connectivity index (χ0n) is 17.0. The summed E-state index contributed by atoms with van der Waals surface area (Å²) in [5.74, 6) is 1.34. The van der Waals surface area contributed by atoms with Crippen LogP contribution in [0.15, 0.2) is 60.7 Å².